The minimum atomic E-state index is -0.509. The van der Waals surface area contributed by atoms with Crippen LogP contribution in [0.2, 0.25) is 5.02 Å². The molecule has 35 heavy (non-hydrogen) atoms. The molecule has 0 bridgehead atoms. The Morgan fingerprint density at radius 1 is 1.11 bits per heavy atom. The third-order valence-electron chi connectivity index (χ3n) is 5.71. The first-order valence-corrected chi connectivity index (χ1v) is 11.7. The Hall–Kier alpha value is -3.68. The van der Waals surface area contributed by atoms with E-state index >= 15 is 0 Å². The van der Waals surface area contributed by atoms with Crippen molar-refractivity contribution in [1.29, 1.82) is 0 Å². The van der Waals surface area contributed by atoms with Crippen LogP contribution < -0.4 is 10.1 Å². The van der Waals surface area contributed by atoms with Gasteiger partial charge >= 0.3 is 0 Å². The van der Waals surface area contributed by atoms with Gasteiger partial charge in [0, 0.05) is 34.2 Å². The van der Waals surface area contributed by atoms with Gasteiger partial charge in [-0.25, -0.2) is 0 Å². The predicted molar refractivity (Wildman–Crippen MR) is 142 cm³/mol. The molecule has 0 radical (unpaired) electrons. The SMILES string of the molecule is C=CCN1C(=O)C(=Cc2cc(C)n(-c3ccc(OCc4ccccc4Cl)cc3)c2C)C(=O)NC1=S. The second-order valence-electron chi connectivity index (χ2n) is 8.06. The molecule has 6 nitrogen and oxygen atoms in total. The van der Waals surface area contributed by atoms with Crippen LogP contribution in [0.4, 0.5) is 0 Å². The lowest BCUT2D eigenvalue weighted by Crippen LogP contribution is -2.53. The maximum Gasteiger partial charge on any atom is 0.265 e. The summed E-state index contributed by atoms with van der Waals surface area (Å²) in [5, 5.41) is 3.33. The minimum Gasteiger partial charge on any atom is -0.489 e. The van der Waals surface area contributed by atoms with Gasteiger partial charge in [-0.2, -0.15) is 0 Å². The molecule has 1 aliphatic rings. The van der Waals surface area contributed by atoms with E-state index in [0.717, 1.165) is 34.0 Å². The molecule has 3 aromatic rings. The zero-order chi connectivity index (χ0) is 25.1. The van der Waals surface area contributed by atoms with Crippen LogP contribution in [0.1, 0.15) is 22.5 Å². The Balaban J connectivity index is 1.57. The summed E-state index contributed by atoms with van der Waals surface area (Å²) in [6, 6.07) is 17.2. The number of carbonyl (C=O) groups is 2. The summed E-state index contributed by atoms with van der Waals surface area (Å²) in [4.78, 5) is 26.7. The smallest absolute Gasteiger partial charge is 0.265 e. The Bertz CT molecular complexity index is 1360. The molecule has 0 aliphatic carbocycles. The van der Waals surface area contributed by atoms with E-state index in [1.54, 1.807) is 12.2 Å². The number of nitrogens with one attached hydrogen (secondary N) is 1. The second-order valence-corrected chi connectivity index (χ2v) is 8.85. The Labute approximate surface area is 214 Å². The predicted octanol–water partition coefficient (Wildman–Crippen LogP) is 5.14. The van der Waals surface area contributed by atoms with Gasteiger partial charge in [0.05, 0.1) is 0 Å². The number of rotatable bonds is 7. The second kappa shape index (κ2) is 10.3. The van der Waals surface area contributed by atoms with Crippen molar-refractivity contribution in [3.63, 3.8) is 0 Å². The first kappa shape index (κ1) is 24.4. The number of ether oxygens (including phenoxy) is 1. The van der Waals surface area contributed by atoms with Gasteiger partial charge in [-0.15, -0.1) is 6.58 Å². The molecule has 1 fully saturated rings. The maximum absolute atomic E-state index is 12.9. The van der Waals surface area contributed by atoms with Crippen molar-refractivity contribution < 1.29 is 14.3 Å². The van der Waals surface area contributed by atoms with Crippen molar-refractivity contribution in [1.82, 2.24) is 14.8 Å². The van der Waals surface area contributed by atoms with Gasteiger partial charge in [0.15, 0.2) is 5.11 Å². The Morgan fingerprint density at radius 3 is 2.51 bits per heavy atom. The van der Waals surface area contributed by atoms with Gasteiger partial charge in [-0.3, -0.25) is 19.8 Å². The third-order valence-corrected chi connectivity index (χ3v) is 6.41. The maximum atomic E-state index is 12.9. The van der Waals surface area contributed by atoms with E-state index in [4.69, 9.17) is 28.6 Å². The summed E-state index contributed by atoms with van der Waals surface area (Å²) in [5.74, 6) is -0.227. The van der Waals surface area contributed by atoms with Crippen LogP contribution in [0.3, 0.4) is 0 Å². The molecule has 1 aliphatic heterocycles. The molecule has 178 valence electrons. The molecule has 8 heteroatoms. The summed E-state index contributed by atoms with van der Waals surface area (Å²) in [5.41, 5.74) is 4.51. The summed E-state index contributed by atoms with van der Waals surface area (Å²) in [7, 11) is 0. The van der Waals surface area contributed by atoms with E-state index in [1.165, 1.54) is 4.90 Å². The number of amides is 2. The molecule has 0 saturated carbocycles. The van der Waals surface area contributed by atoms with Crippen molar-refractivity contribution in [2.75, 3.05) is 6.54 Å². The molecular formula is C27H24ClN3O3S. The number of nitrogens with zero attached hydrogens (tertiary/aromatic N) is 2. The van der Waals surface area contributed by atoms with Crippen LogP contribution in [0.25, 0.3) is 11.8 Å². The fourth-order valence-electron chi connectivity index (χ4n) is 3.94. The number of benzene rings is 2. The number of carbonyl (C=O) groups excluding carboxylic acids is 2. The fraction of sp³-hybridized carbons (Fsp3) is 0.148. The highest BCUT2D eigenvalue weighted by atomic mass is 35.5. The van der Waals surface area contributed by atoms with E-state index in [-0.39, 0.29) is 17.2 Å². The Morgan fingerprint density at radius 2 is 1.83 bits per heavy atom. The number of aryl methyl sites for hydroxylation is 1. The molecule has 2 amide bonds. The third kappa shape index (κ3) is 5.06. The summed E-state index contributed by atoms with van der Waals surface area (Å²) in [6.07, 6.45) is 3.17. The lowest BCUT2D eigenvalue weighted by atomic mass is 10.1. The van der Waals surface area contributed by atoms with Crippen LogP contribution in [-0.4, -0.2) is 32.9 Å². The van der Waals surface area contributed by atoms with E-state index in [1.807, 2.05) is 68.4 Å². The fourth-order valence-corrected chi connectivity index (χ4v) is 4.38. The number of halogens is 1. The number of hydrogen-bond donors (Lipinski definition) is 1. The largest absolute Gasteiger partial charge is 0.489 e. The van der Waals surface area contributed by atoms with E-state index in [2.05, 4.69) is 16.5 Å². The van der Waals surface area contributed by atoms with E-state index < -0.39 is 11.8 Å². The molecule has 2 heterocycles. The average molecular weight is 506 g/mol. The number of hydrogen-bond acceptors (Lipinski definition) is 4. The molecule has 0 spiro atoms. The first-order chi connectivity index (χ1) is 16.8. The van der Waals surface area contributed by atoms with Crippen molar-refractivity contribution >= 4 is 46.8 Å². The van der Waals surface area contributed by atoms with Gasteiger partial charge in [0.1, 0.15) is 17.9 Å². The number of thiocarbonyl (C=S) groups is 1. The molecule has 4 rings (SSSR count). The molecule has 0 unspecified atom stereocenters. The topological polar surface area (TPSA) is 63.6 Å². The molecule has 1 N–H and O–H groups in total. The van der Waals surface area contributed by atoms with E-state index in [0.29, 0.717) is 11.6 Å². The van der Waals surface area contributed by atoms with Crippen LogP contribution in [0.5, 0.6) is 5.75 Å². The quantitative estimate of drug-likeness (QED) is 0.209. The average Bonchev–Trinajstić information content (AvgIpc) is 3.12. The first-order valence-electron chi connectivity index (χ1n) is 11.0. The van der Waals surface area contributed by atoms with Crippen LogP contribution in [-0.2, 0) is 16.2 Å². The van der Waals surface area contributed by atoms with Crippen LogP contribution in [0, 0.1) is 13.8 Å². The monoisotopic (exact) mass is 505 g/mol. The van der Waals surface area contributed by atoms with Crippen molar-refractivity contribution in [2.24, 2.45) is 0 Å². The molecule has 1 saturated heterocycles. The zero-order valence-corrected chi connectivity index (χ0v) is 20.9. The minimum absolute atomic E-state index is 0.0315. The molecular weight excluding hydrogens is 482 g/mol. The van der Waals surface area contributed by atoms with Crippen molar-refractivity contribution in [3.8, 4) is 11.4 Å². The van der Waals surface area contributed by atoms with Gasteiger partial charge in [0.25, 0.3) is 11.8 Å². The van der Waals surface area contributed by atoms with Crippen molar-refractivity contribution in [2.45, 2.75) is 20.5 Å². The summed E-state index contributed by atoms with van der Waals surface area (Å²) in [6.45, 7) is 8.16. The van der Waals surface area contributed by atoms with Gasteiger partial charge in [0.2, 0.25) is 0 Å². The van der Waals surface area contributed by atoms with Gasteiger partial charge < -0.3 is 9.30 Å². The van der Waals surface area contributed by atoms with E-state index in [9.17, 15) is 9.59 Å². The standard InChI is InChI=1S/C27H24ClN3O3S/c1-4-13-30-26(33)23(25(32)29-27(30)35)15-20-14-17(2)31(18(20)3)21-9-11-22(12-10-21)34-16-19-7-5-6-8-24(19)28/h4-12,14-15H,1,13,16H2,2-3H3,(H,29,32,35). The highest BCUT2D eigenvalue weighted by Gasteiger charge is 2.32. The molecule has 2 aromatic carbocycles. The van der Waals surface area contributed by atoms with Crippen molar-refractivity contribution in [3.05, 3.63) is 100 Å². The zero-order valence-electron chi connectivity index (χ0n) is 19.4. The highest BCUT2D eigenvalue weighted by molar-refractivity contribution is 7.80. The molecule has 1 aromatic heterocycles. The summed E-state index contributed by atoms with van der Waals surface area (Å²) < 4.78 is 7.94. The van der Waals surface area contributed by atoms with Crippen LogP contribution >= 0.6 is 23.8 Å². The van der Waals surface area contributed by atoms with Gasteiger partial charge in [-0.05, 0) is 74.1 Å². The van der Waals surface area contributed by atoms with Crippen LogP contribution in [0.15, 0.2) is 72.8 Å². The lowest BCUT2D eigenvalue weighted by Gasteiger charge is -2.27. The Kier molecular flexibility index (Phi) is 7.19. The lowest BCUT2D eigenvalue weighted by molar-refractivity contribution is -0.128. The molecule has 0 atom stereocenters. The normalized spacial score (nSPS) is 14.9. The number of aromatic nitrogens is 1. The van der Waals surface area contributed by atoms with Gasteiger partial charge in [-0.1, -0.05) is 35.9 Å². The highest BCUT2D eigenvalue weighted by Crippen LogP contribution is 2.26. The summed E-state index contributed by atoms with van der Waals surface area (Å²) >= 11 is 11.3.